The second-order valence-corrected chi connectivity index (χ2v) is 3.19. The summed E-state index contributed by atoms with van der Waals surface area (Å²) in [5, 5.41) is 0. The number of hydrogen-bond donors (Lipinski definition) is 0. The van der Waals surface area contributed by atoms with Crippen molar-refractivity contribution in [2.75, 3.05) is 20.3 Å². The highest BCUT2D eigenvalue weighted by atomic mass is 16.5. The van der Waals surface area contributed by atoms with E-state index in [2.05, 4.69) is 29.1 Å². The Kier molecular flexibility index (Phi) is 4.54. The van der Waals surface area contributed by atoms with E-state index < -0.39 is 0 Å². The van der Waals surface area contributed by atoms with Gasteiger partial charge in [-0.05, 0) is 12.5 Å². The molecular weight excluding hydrogens is 164 g/mol. The molecule has 1 heterocycles. The molecule has 1 unspecified atom stereocenters. The maximum absolute atomic E-state index is 4.98. The van der Waals surface area contributed by atoms with Gasteiger partial charge in [-0.3, -0.25) is 4.99 Å². The van der Waals surface area contributed by atoms with Crippen molar-refractivity contribution in [2.45, 2.75) is 25.8 Å². The third-order valence-corrected chi connectivity index (χ3v) is 2.04. The van der Waals surface area contributed by atoms with E-state index in [4.69, 9.17) is 4.74 Å². The molecule has 0 bridgehead atoms. The summed E-state index contributed by atoms with van der Waals surface area (Å²) >= 11 is 0. The molecule has 0 aliphatic carbocycles. The average Bonchev–Trinajstić information content (AvgIpc) is 2.17. The highest BCUT2D eigenvalue weighted by Crippen LogP contribution is 2.07. The van der Waals surface area contributed by atoms with E-state index >= 15 is 0 Å². The van der Waals surface area contributed by atoms with Crippen molar-refractivity contribution in [3.05, 3.63) is 12.3 Å². The van der Waals surface area contributed by atoms with Crippen LogP contribution in [-0.4, -0.2) is 37.5 Å². The Hall–Kier alpha value is -0.830. The molecule has 0 aromatic rings. The fourth-order valence-electron chi connectivity index (χ4n) is 1.26. The highest BCUT2D eigenvalue weighted by molar-refractivity contribution is 5.58. The van der Waals surface area contributed by atoms with Gasteiger partial charge in [-0.2, -0.15) is 0 Å². The number of ether oxygens (including phenoxy) is 1. The first-order valence-electron chi connectivity index (χ1n) is 4.83. The maximum Gasteiger partial charge on any atom is 0.0897 e. The van der Waals surface area contributed by atoms with Gasteiger partial charge in [0.15, 0.2) is 0 Å². The lowest BCUT2D eigenvalue weighted by molar-refractivity contribution is 0.187. The van der Waals surface area contributed by atoms with Crippen LogP contribution in [-0.2, 0) is 4.74 Å². The van der Waals surface area contributed by atoms with E-state index in [9.17, 15) is 0 Å². The van der Waals surface area contributed by atoms with Crippen LogP contribution in [0.2, 0.25) is 0 Å². The molecule has 1 rings (SSSR count). The van der Waals surface area contributed by atoms with Crippen LogP contribution >= 0.6 is 0 Å². The quantitative estimate of drug-likeness (QED) is 0.646. The third kappa shape index (κ3) is 3.59. The number of rotatable bonds is 5. The molecule has 1 aliphatic rings. The molecule has 0 aromatic heterocycles. The molecule has 0 amide bonds. The van der Waals surface area contributed by atoms with E-state index in [-0.39, 0.29) is 0 Å². The van der Waals surface area contributed by atoms with E-state index in [1.807, 2.05) is 6.34 Å². The van der Waals surface area contributed by atoms with Gasteiger partial charge < -0.3 is 9.64 Å². The van der Waals surface area contributed by atoms with Crippen LogP contribution in [0.1, 0.15) is 19.8 Å². The van der Waals surface area contributed by atoms with Gasteiger partial charge in [0, 0.05) is 19.9 Å². The fraction of sp³-hybridized carbons (Fsp3) is 0.700. The topological polar surface area (TPSA) is 24.8 Å². The maximum atomic E-state index is 4.98. The van der Waals surface area contributed by atoms with E-state index in [0.29, 0.717) is 6.04 Å². The molecule has 0 saturated heterocycles. The summed E-state index contributed by atoms with van der Waals surface area (Å²) in [6.45, 7) is 3.81. The lowest BCUT2D eigenvalue weighted by atomic mass is 10.1. The van der Waals surface area contributed by atoms with Crippen LogP contribution in [0.15, 0.2) is 17.3 Å². The Labute approximate surface area is 80.1 Å². The van der Waals surface area contributed by atoms with Crippen molar-refractivity contribution < 1.29 is 4.74 Å². The third-order valence-electron chi connectivity index (χ3n) is 2.04. The molecule has 74 valence electrons. The summed E-state index contributed by atoms with van der Waals surface area (Å²) in [6.07, 6.45) is 8.47. The minimum absolute atomic E-state index is 0.392. The molecule has 0 saturated carbocycles. The molecule has 0 fully saturated rings. The first-order chi connectivity index (χ1) is 6.36. The zero-order chi connectivity index (χ0) is 9.52. The predicted octanol–water partition coefficient (Wildman–Crippen LogP) is 1.66. The average molecular weight is 182 g/mol. The summed E-state index contributed by atoms with van der Waals surface area (Å²) in [6, 6.07) is 0.392. The normalized spacial score (nSPS) is 21.1. The molecule has 0 radical (unpaired) electrons. The zero-order valence-corrected chi connectivity index (χ0v) is 8.44. The van der Waals surface area contributed by atoms with Gasteiger partial charge in [0.05, 0.1) is 19.0 Å². The second kappa shape index (κ2) is 5.75. The molecule has 0 spiro atoms. The van der Waals surface area contributed by atoms with Gasteiger partial charge >= 0.3 is 0 Å². The number of aliphatic imine (C=N–C) groups is 1. The Balaban J connectivity index is 2.26. The summed E-state index contributed by atoms with van der Waals surface area (Å²) < 4.78 is 4.98. The summed E-state index contributed by atoms with van der Waals surface area (Å²) in [7, 11) is 1.71. The summed E-state index contributed by atoms with van der Waals surface area (Å²) in [5.74, 6) is 0. The Morgan fingerprint density at radius 3 is 2.92 bits per heavy atom. The van der Waals surface area contributed by atoms with Crippen molar-refractivity contribution in [1.29, 1.82) is 0 Å². The molecule has 1 aliphatic heterocycles. The minimum atomic E-state index is 0.392. The monoisotopic (exact) mass is 182 g/mol. The summed E-state index contributed by atoms with van der Waals surface area (Å²) in [4.78, 5) is 6.46. The van der Waals surface area contributed by atoms with E-state index in [1.54, 1.807) is 7.11 Å². The molecule has 0 aromatic carbocycles. The lowest BCUT2D eigenvalue weighted by Crippen LogP contribution is -2.24. The Morgan fingerprint density at radius 2 is 2.38 bits per heavy atom. The SMILES string of the molecule is CCCC1C=CN(CCOC)C=N1. The fourth-order valence-corrected chi connectivity index (χ4v) is 1.26. The molecule has 0 N–H and O–H groups in total. The van der Waals surface area contributed by atoms with Crippen molar-refractivity contribution in [3.63, 3.8) is 0 Å². The van der Waals surface area contributed by atoms with Crippen LogP contribution in [0.3, 0.4) is 0 Å². The van der Waals surface area contributed by atoms with Crippen molar-refractivity contribution in [2.24, 2.45) is 4.99 Å². The van der Waals surface area contributed by atoms with Gasteiger partial charge in [-0.25, -0.2) is 0 Å². The van der Waals surface area contributed by atoms with Gasteiger partial charge in [0.2, 0.25) is 0 Å². The molecule has 13 heavy (non-hydrogen) atoms. The van der Waals surface area contributed by atoms with E-state index in [1.165, 1.54) is 6.42 Å². The minimum Gasteiger partial charge on any atom is -0.383 e. The first-order valence-corrected chi connectivity index (χ1v) is 4.83. The van der Waals surface area contributed by atoms with Crippen LogP contribution in [0.4, 0.5) is 0 Å². The van der Waals surface area contributed by atoms with Crippen LogP contribution < -0.4 is 0 Å². The van der Waals surface area contributed by atoms with Crippen LogP contribution in [0.25, 0.3) is 0 Å². The standard InChI is InChI=1S/C10H18N2O/c1-3-4-10-5-6-12(9-11-10)7-8-13-2/h5-6,9-10H,3-4,7-8H2,1-2H3. The predicted molar refractivity (Wildman–Crippen MR) is 54.9 cm³/mol. The van der Waals surface area contributed by atoms with Gasteiger partial charge in [-0.1, -0.05) is 13.3 Å². The Bertz CT molecular complexity index is 175. The number of hydrogen-bond acceptors (Lipinski definition) is 3. The van der Waals surface area contributed by atoms with Crippen LogP contribution in [0, 0.1) is 0 Å². The lowest BCUT2D eigenvalue weighted by Gasteiger charge is -2.20. The molecule has 3 heteroatoms. The van der Waals surface area contributed by atoms with Crippen molar-refractivity contribution >= 4 is 6.34 Å². The summed E-state index contributed by atoms with van der Waals surface area (Å²) in [5.41, 5.74) is 0. The van der Waals surface area contributed by atoms with E-state index in [0.717, 1.165) is 19.6 Å². The van der Waals surface area contributed by atoms with Gasteiger partial charge in [-0.15, -0.1) is 0 Å². The highest BCUT2D eigenvalue weighted by Gasteiger charge is 2.05. The van der Waals surface area contributed by atoms with Gasteiger partial charge in [0.1, 0.15) is 0 Å². The van der Waals surface area contributed by atoms with Crippen molar-refractivity contribution in [1.82, 2.24) is 4.90 Å². The second-order valence-electron chi connectivity index (χ2n) is 3.19. The molecular formula is C10H18N2O. The number of nitrogens with zero attached hydrogens (tertiary/aromatic N) is 2. The molecule has 1 atom stereocenters. The van der Waals surface area contributed by atoms with Crippen molar-refractivity contribution in [3.8, 4) is 0 Å². The largest absolute Gasteiger partial charge is 0.383 e. The van der Waals surface area contributed by atoms with Crippen LogP contribution in [0.5, 0.6) is 0 Å². The molecule has 3 nitrogen and oxygen atoms in total. The Morgan fingerprint density at radius 1 is 1.54 bits per heavy atom. The van der Waals surface area contributed by atoms with Gasteiger partial charge in [0.25, 0.3) is 0 Å². The number of methoxy groups -OCH3 is 1. The smallest absolute Gasteiger partial charge is 0.0897 e. The first kappa shape index (κ1) is 10.3. The zero-order valence-electron chi connectivity index (χ0n) is 8.44.